The molecule has 8 rings (SSSR count). The van der Waals surface area contributed by atoms with Crippen LogP contribution in [0.1, 0.15) is 133 Å². The van der Waals surface area contributed by atoms with Gasteiger partial charge in [-0.3, -0.25) is 14.4 Å². The van der Waals surface area contributed by atoms with Crippen LogP contribution >= 0.6 is 0 Å². The summed E-state index contributed by atoms with van der Waals surface area (Å²) >= 11 is 0. The van der Waals surface area contributed by atoms with E-state index in [2.05, 4.69) is 51.0 Å². The molecule has 0 radical (unpaired) electrons. The quantitative estimate of drug-likeness (QED) is 0.262. The van der Waals surface area contributed by atoms with Crippen LogP contribution in [0.5, 0.6) is 0 Å². The molecule has 0 amide bonds. The minimum Gasteiger partial charge on any atom is -0.392 e. The molecule has 6 aliphatic rings. The number of allylic oxidation sites excluding steroid dienone is 3. The maximum Gasteiger partial charge on any atom is 0.192 e. The number of hydrogen-bond donors (Lipinski definition) is 2. The van der Waals surface area contributed by atoms with Gasteiger partial charge in [-0.05, 0) is 139 Å². The van der Waals surface area contributed by atoms with Crippen molar-refractivity contribution >= 4 is 33.8 Å². The van der Waals surface area contributed by atoms with Gasteiger partial charge in [0.15, 0.2) is 17.3 Å². The number of hydrogen-bond acceptors (Lipinski definition) is 6. The SMILES string of the molecule is C=C(C)[C@H]1C(=O)c2c3c(cc4c5c(n1c24)[C@@]1(C)C(CC[C@H]2[C@](C)(C(=O)/C=C/C(C)=O)[C@@H](O)CC[C@@]21C)C5)C1=CC(C)(C)OC(C)(C)C1[C@@H]3O. The summed E-state index contributed by atoms with van der Waals surface area (Å²) in [6, 6.07) is 1.67. The average Bonchev–Trinajstić information content (AvgIpc) is 3.66. The summed E-state index contributed by atoms with van der Waals surface area (Å²) in [5.74, 6) is -0.522. The summed E-state index contributed by atoms with van der Waals surface area (Å²) in [6.07, 6.45) is 6.96. The maximum absolute atomic E-state index is 14.8. The van der Waals surface area contributed by atoms with Crippen molar-refractivity contribution in [2.24, 2.45) is 28.6 Å². The van der Waals surface area contributed by atoms with Crippen molar-refractivity contribution in [3.8, 4) is 0 Å². The second-order valence-electron chi connectivity index (χ2n) is 18.0. The van der Waals surface area contributed by atoms with E-state index in [4.69, 9.17) is 4.74 Å². The first-order valence-corrected chi connectivity index (χ1v) is 18.2. The topological polar surface area (TPSA) is 106 Å². The molecular formula is C42H51NO6. The van der Waals surface area contributed by atoms with Crippen LogP contribution in [-0.2, 0) is 26.2 Å². The van der Waals surface area contributed by atoms with Crippen molar-refractivity contribution in [3.05, 3.63) is 64.4 Å². The lowest BCUT2D eigenvalue weighted by Crippen LogP contribution is -2.64. The van der Waals surface area contributed by atoms with E-state index in [9.17, 15) is 24.6 Å². The maximum atomic E-state index is 14.8. The number of ketones is 3. The Bertz CT molecular complexity index is 1990. The van der Waals surface area contributed by atoms with Gasteiger partial charge >= 0.3 is 0 Å². The van der Waals surface area contributed by atoms with Gasteiger partial charge in [0, 0.05) is 28.0 Å². The normalized spacial score (nSPS) is 39.3. The third kappa shape index (κ3) is 3.82. The van der Waals surface area contributed by atoms with Crippen LogP contribution in [0.2, 0.25) is 0 Å². The Balaban J connectivity index is 1.39. The Morgan fingerprint density at radius 1 is 1.02 bits per heavy atom. The molecule has 3 heterocycles. The van der Waals surface area contributed by atoms with Gasteiger partial charge in [-0.1, -0.05) is 26.0 Å². The molecule has 2 fully saturated rings. The van der Waals surface area contributed by atoms with E-state index < -0.39 is 40.3 Å². The molecule has 2 N–H and O–H groups in total. The Kier molecular flexibility index (Phi) is 6.61. The number of Topliss-reactive ketones (excluding diaryl/α,β-unsaturated/α-hetero) is 1. The predicted octanol–water partition coefficient (Wildman–Crippen LogP) is 7.31. The van der Waals surface area contributed by atoms with E-state index in [1.54, 1.807) is 0 Å². The number of rotatable bonds is 4. The fourth-order valence-electron chi connectivity index (χ4n) is 12.5. The molecule has 0 spiro atoms. The Morgan fingerprint density at radius 2 is 1.71 bits per heavy atom. The fourth-order valence-corrected chi connectivity index (χ4v) is 12.5. The van der Waals surface area contributed by atoms with Gasteiger partial charge in [0.25, 0.3) is 0 Å². The van der Waals surface area contributed by atoms with Crippen LogP contribution in [0, 0.1) is 28.6 Å². The van der Waals surface area contributed by atoms with E-state index >= 15 is 0 Å². The molecule has 1 aromatic carbocycles. The van der Waals surface area contributed by atoms with Gasteiger partial charge in [-0.15, -0.1) is 0 Å². The van der Waals surface area contributed by atoms with Crippen molar-refractivity contribution < 1.29 is 29.3 Å². The number of aliphatic hydroxyl groups excluding tert-OH is 2. The predicted molar refractivity (Wildman–Crippen MR) is 189 cm³/mol. The van der Waals surface area contributed by atoms with Crippen LogP contribution in [0.3, 0.4) is 0 Å². The summed E-state index contributed by atoms with van der Waals surface area (Å²) in [7, 11) is 0. The van der Waals surface area contributed by atoms with Crippen LogP contribution in [0.25, 0.3) is 16.5 Å². The highest BCUT2D eigenvalue weighted by atomic mass is 16.5. The van der Waals surface area contributed by atoms with Crippen molar-refractivity contribution in [2.75, 3.05) is 0 Å². The smallest absolute Gasteiger partial charge is 0.192 e. The molecular weight excluding hydrogens is 614 g/mol. The molecule has 7 heteroatoms. The van der Waals surface area contributed by atoms with Crippen LogP contribution in [-0.4, -0.2) is 49.4 Å². The lowest BCUT2D eigenvalue weighted by molar-refractivity contribution is -0.174. The largest absolute Gasteiger partial charge is 0.392 e. The fraction of sp³-hybridized carbons (Fsp3) is 0.595. The van der Waals surface area contributed by atoms with E-state index in [0.717, 1.165) is 58.9 Å². The van der Waals surface area contributed by atoms with E-state index in [-0.39, 0.29) is 34.6 Å². The standard InChI is InChI=1S/C42H51NO6/c1-20(2)33-36(48)31-30-23(26-19-38(4,5)49-39(6,7)32(26)35(30)47)18-24-25-17-22-12-13-27-40(8,42(22,10)37(25)43(33)34(24)31)16-15-29(46)41(27,9)28(45)14-11-21(3)44/h11,14,18-19,22,27,29,32-33,35,46-47H,1,12-13,15-17H2,2-10H3/b14-11+/t22?,27-,29+,32?,33+,35-,40+,41-,42-/m1/s1. The van der Waals surface area contributed by atoms with Crippen molar-refractivity contribution in [3.63, 3.8) is 0 Å². The molecule has 4 aliphatic carbocycles. The molecule has 2 unspecified atom stereocenters. The number of ether oxygens (including phenoxy) is 1. The number of carbonyl (C=O) groups excluding carboxylic acids is 3. The molecule has 0 saturated heterocycles. The number of carbonyl (C=O) groups is 3. The number of benzene rings is 1. The number of aromatic nitrogens is 1. The van der Waals surface area contributed by atoms with E-state index in [1.807, 2.05) is 27.7 Å². The zero-order chi connectivity index (χ0) is 35.5. The van der Waals surface area contributed by atoms with Gasteiger partial charge < -0.3 is 19.5 Å². The zero-order valence-corrected chi connectivity index (χ0v) is 30.5. The highest BCUT2D eigenvalue weighted by molar-refractivity contribution is 6.18. The molecule has 260 valence electrons. The first-order valence-electron chi connectivity index (χ1n) is 18.2. The third-order valence-corrected chi connectivity index (χ3v) is 14.6. The second kappa shape index (κ2) is 9.80. The molecule has 1 aromatic heterocycles. The number of nitrogens with zero attached hydrogens (tertiary/aromatic N) is 1. The molecule has 9 atom stereocenters. The summed E-state index contributed by atoms with van der Waals surface area (Å²) in [5.41, 5.74) is 4.46. The van der Waals surface area contributed by atoms with Gasteiger partial charge in [-0.25, -0.2) is 0 Å². The van der Waals surface area contributed by atoms with Gasteiger partial charge in [0.05, 0.1) is 39.9 Å². The molecule has 0 bridgehead atoms. The van der Waals surface area contributed by atoms with E-state index in [0.29, 0.717) is 17.9 Å². The van der Waals surface area contributed by atoms with Crippen molar-refractivity contribution in [2.45, 2.75) is 129 Å². The lowest BCUT2D eigenvalue weighted by atomic mass is 9.40. The summed E-state index contributed by atoms with van der Waals surface area (Å²) in [4.78, 5) is 40.6. The second-order valence-corrected chi connectivity index (χ2v) is 18.0. The zero-order valence-electron chi connectivity index (χ0n) is 30.5. The highest BCUT2D eigenvalue weighted by Gasteiger charge is 2.69. The van der Waals surface area contributed by atoms with Crippen molar-refractivity contribution in [1.82, 2.24) is 4.57 Å². The molecule has 2 saturated carbocycles. The van der Waals surface area contributed by atoms with Gasteiger partial charge in [0.1, 0.15) is 6.04 Å². The number of fused-ring (bicyclic) bond motifs is 11. The molecule has 2 aromatic rings. The number of aliphatic hydroxyl groups is 2. The van der Waals surface area contributed by atoms with Crippen LogP contribution in [0.4, 0.5) is 0 Å². The molecule has 49 heavy (non-hydrogen) atoms. The summed E-state index contributed by atoms with van der Waals surface area (Å²) < 4.78 is 8.79. The lowest BCUT2D eigenvalue weighted by Gasteiger charge is -2.64. The minimum atomic E-state index is -1.04. The molecule has 2 aliphatic heterocycles. The Hall–Kier alpha value is -3.13. The molecule has 7 nitrogen and oxygen atoms in total. The van der Waals surface area contributed by atoms with Crippen molar-refractivity contribution in [1.29, 1.82) is 0 Å². The first kappa shape index (κ1) is 33.0. The monoisotopic (exact) mass is 665 g/mol. The van der Waals surface area contributed by atoms with Crippen LogP contribution in [0.15, 0.2) is 36.4 Å². The highest BCUT2D eigenvalue weighted by Crippen LogP contribution is 2.71. The third-order valence-electron chi connectivity index (χ3n) is 14.6. The summed E-state index contributed by atoms with van der Waals surface area (Å²) in [5, 5.41) is 24.8. The average molecular weight is 666 g/mol. The Morgan fingerprint density at radius 3 is 2.37 bits per heavy atom. The van der Waals surface area contributed by atoms with Gasteiger partial charge in [0.2, 0.25) is 0 Å². The Labute approximate surface area is 289 Å². The summed E-state index contributed by atoms with van der Waals surface area (Å²) in [6.45, 7) is 22.5. The van der Waals surface area contributed by atoms with Crippen LogP contribution < -0.4 is 0 Å². The van der Waals surface area contributed by atoms with Gasteiger partial charge in [-0.2, -0.15) is 0 Å². The van der Waals surface area contributed by atoms with E-state index in [1.165, 1.54) is 30.3 Å². The first-order chi connectivity index (χ1) is 22.7. The minimum absolute atomic E-state index is 0.0125.